The molecule has 0 saturated heterocycles. The number of carbonyl (C=O) groups excluding carboxylic acids is 2. The van der Waals surface area contributed by atoms with Gasteiger partial charge in [-0.05, 0) is 23.2 Å². The Morgan fingerprint density at radius 3 is 2.54 bits per heavy atom. The van der Waals surface area contributed by atoms with Gasteiger partial charge in [0.2, 0.25) is 11.8 Å². The molecule has 1 heterocycles. The van der Waals surface area contributed by atoms with Gasteiger partial charge < -0.3 is 10.6 Å². The molecular formula is C19H18ClN3O2S. The predicted molar refractivity (Wildman–Crippen MR) is 104 cm³/mol. The number of halogens is 1. The summed E-state index contributed by atoms with van der Waals surface area (Å²) in [6.07, 6.45) is 0.203. The first-order valence-electron chi connectivity index (χ1n) is 8.17. The third-order valence-corrected chi connectivity index (χ3v) is 5.05. The summed E-state index contributed by atoms with van der Waals surface area (Å²) in [5, 5.41) is 6.71. The van der Waals surface area contributed by atoms with Gasteiger partial charge in [0.15, 0.2) is 0 Å². The van der Waals surface area contributed by atoms with Crippen molar-refractivity contribution in [2.24, 2.45) is 0 Å². The lowest BCUT2D eigenvalue weighted by Gasteiger charge is -2.19. The second-order valence-electron chi connectivity index (χ2n) is 5.77. The Kier molecular flexibility index (Phi) is 6.20. The van der Waals surface area contributed by atoms with Crippen LogP contribution in [-0.4, -0.2) is 28.6 Å². The SMILES string of the molecule is O=C(Cc1nsc2ccccc12)NCC(NC(=O)CCl)c1ccccc1. The zero-order chi connectivity index (χ0) is 18.4. The van der Waals surface area contributed by atoms with Crippen molar-refractivity contribution in [3.8, 4) is 0 Å². The lowest BCUT2D eigenvalue weighted by atomic mass is 10.1. The molecule has 0 aliphatic carbocycles. The van der Waals surface area contributed by atoms with Gasteiger partial charge in [0.25, 0.3) is 0 Å². The fourth-order valence-corrected chi connectivity index (χ4v) is 3.54. The second kappa shape index (κ2) is 8.78. The van der Waals surface area contributed by atoms with Crippen LogP contribution in [0.15, 0.2) is 54.6 Å². The van der Waals surface area contributed by atoms with E-state index < -0.39 is 0 Å². The molecule has 0 saturated carbocycles. The van der Waals surface area contributed by atoms with Gasteiger partial charge in [0.05, 0.1) is 22.9 Å². The van der Waals surface area contributed by atoms with E-state index in [0.717, 1.165) is 21.3 Å². The molecule has 5 nitrogen and oxygen atoms in total. The molecular weight excluding hydrogens is 370 g/mol. The third-order valence-electron chi connectivity index (χ3n) is 3.94. The van der Waals surface area contributed by atoms with Crippen LogP contribution in [0.25, 0.3) is 10.1 Å². The van der Waals surface area contributed by atoms with E-state index in [2.05, 4.69) is 15.0 Å². The Labute approximate surface area is 160 Å². The largest absolute Gasteiger partial charge is 0.353 e. The molecule has 1 atom stereocenters. The Morgan fingerprint density at radius 1 is 1.04 bits per heavy atom. The average Bonchev–Trinajstić information content (AvgIpc) is 3.08. The second-order valence-corrected chi connectivity index (χ2v) is 6.84. The van der Waals surface area contributed by atoms with Crippen LogP contribution in [0.2, 0.25) is 0 Å². The molecule has 3 rings (SSSR count). The van der Waals surface area contributed by atoms with E-state index in [1.54, 1.807) is 0 Å². The summed E-state index contributed by atoms with van der Waals surface area (Å²) in [7, 11) is 0. The van der Waals surface area contributed by atoms with E-state index in [1.807, 2.05) is 54.6 Å². The number of fused-ring (bicyclic) bond motifs is 1. The van der Waals surface area contributed by atoms with Crippen molar-refractivity contribution in [3.05, 3.63) is 65.9 Å². The summed E-state index contributed by atoms with van der Waals surface area (Å²) in [4.78, 5) is 24.0. The first-order chi connectivity index (χ1) is 12.7. The lowest BCUT2D eigenvalue weighted by Crippen LogP contribution is -2.38. The molecule has 2 amide bonds. The highest BCUT2D eigenvalue weighted by molar-refractivity contribution is 7.13. The molecule has 3 aromatic rings. The van der Waals surface area contributed by atoms with Gasteiger partial charge in [-0.3, -0.25) is 9.59 Å². The molecule has 0 aliphatic rings. The van der Waals surface area contributed by atoms with Crippen molar-refractivity contribution in [2.75, 3.05) is 12.4 Å². The molecule has 0 radical (unpaired) electrons. The summed E-state index contributed by atoms with van der Waals surface area (Å²) in [6, 6.07) is 17.0. The number of aromatic nitrogens is 1. The normalized spacial score (nSPS) is 11.9. The standard InChI is InChI=1S/C19H18ClN3O2S/c20-11-19(25)22-16(13-6-2-1-3-7-13)12-21-18(24)10-15-14-8-4-5-9-17(14)26-23-15/h1-9,16H,10-12H2,(H,21,24)(H,22,25). The zero-order valence-corrected chi connectivity index (χ0v) is 15.5. The Bertz CT molecular complexity index is 898. The number of carbonyl (C=O) groups is 2. The van der Waals surface area contributed by atoms with Crippen molar-refractivity contribution >= 4 is 45.0 Å². The number of rotatable bonds is 7. The maximum atomic E-state index is 12.4. The fourth-order valence-electron chi connectivity index (χ4n) is 2.67. The van der Waals surface area contributed by atoms with Gasteiger partial charge in [0.1, 0.15) is 5.88 Å². The van der Waals surface area contributed by atoms with Crippen molar-refractivity contribution in [1.82, 2.24) is 15.0 Å². The van der Waals surface area contributed by atoms with Crippen LogP contribution in [0.5, 0.6) is 0 Å². The summed E-state index contributed by atoms with van der Waals surface area (Å²) in [5.41, 5.74) is 1.68. The highest BCUT2D eigenvalue weighted by Crippen LogP contribution is 2.22. The number of nitrogens with zero attached hydrogens (tertiary/aromatic N) is 1. The van der Waals surface area contributed by atoms with E-state index in [9.17, 15) is 9.59 Å². The van der Waals surface area contributed by atoms with Crippen LogP contribution >= 0.6 is 23.1 Å². The lowest BCUT2D eigenvalue weighted by molar-refractivity contribution is -0.122. The molecule has 26 heavy (non-hydrogen) atoms. The molecule has 0 fully saturated rings. The minimum Gasteiger partial charge on any atom is -0.353 e. The van der Waals surface area contributed by atoms with Crippen LogP contribution in [-0.2, 0) is 16.0 Å². The van der Waals surface area contributed by atoms with Gasteiger partial charge in [0, 0.05) is 11.9 Å². The van der Waals surface area contributed by atoms with Crippen LogP contribution in [0.1, 0.15) is 17.3 Å². The molecule has 0 spiro atoms. The molecule has 0 aliphatic heterocycles. The van der Waals surface area contributed by atoms with E-state index in [-0.39, 0.29) is 36.7 Å². The minimum absolute atomic E-state index is 0.123. The first kappa shape index (κ1) is 18.4. The zero-order valence-electron chi connectivity index (χ0n) is 13.9. The first-order valence-corrected chi connectivity index (χ1v) is 9.48. The maximum absolute atomic E-state index is 12.4. The average molecular weight is 388 g/mol. The fraction of sp³-hybridized carbons (Fsp3) is 0.211. The molecule has 1 unspecified atom stereocenters. The summed E-state index contributed by atoms with van der Waals surface area (Å²) in [6.45, 7) is 0.285. The third kappa shape index (κ3) is 4.59. The van der Waals surface area contributed by atoms with Crippen LogP contribution in [0.3, 0.4) is 0 Å². The highest BCUT2D eigenvalue weighted by Gasteiger charge is 2.16. The molecule has 0 bridgehead atoms. The molecule has 2 aromatic carbocycles. The number of nitrogens with one attached hydrogen (secondary N) is 2. The molecule has 1 aromatic heterocycles. The highest BCUT2D eigenvalue weighted by atomic mass is 35.5. The van der Waals surface area contributed by atoms with E-state index >= 15 is 0 Å². The number of hydrogen-bond acceptors (Lipinski definition) is 4. The Balaban J connectivity index is 1.64. The molecule has 134 valence electrons. The molecule has 2 N–H and O–H groups in total. The monoisotopic (exact) mass is 387 g/mol. The van der Waals surface area contributed by atoms with E-state index in [1.165, 1.54) is 11.5 Å². The van der Waals surface area contributed by atoms with Gasteiger partial charge >= 0.3 is 0 Å². The minimum atomic E-state index is -0.335. The quantitative estimate of drug-likeness (QED) is 0.612. The maximum Gasteiger partial charge on any atom is 0.235 e. The smallest absolute Gasteiger partial charge is 0.235 e. The summed E-state index contributed by atoms with van der Waals surface area (Å²) >= 11 is 6.98. The number of benzene rings is 2. The van der Waals surface area contributed by atoms with Gasteiger partial charge in [-0.25, -0.2) is 0 Å². The number of hydrogen-bond donors (Lipinski definition) is 2. The van der Waals surface area contributed by atoms with Gasteiger partial charge in [-0.1, -0.05) is 48.5 Å². The Hall–Kier alpha value is -2.44. The van der Waals surface area contributed by atoms with E-state index in [4.69, 9.17) is 11.6 Å². The predicted octanol–water partition coefficient (Wildman–Crippen LogP) is 3.05. The molecule has 7 heteroatoms. The summed E-state index contributed by atoms with van der Waals surface area (Å²) < 4.78 is 5.44. The van der Waals surface area contributed by atoms with E-state index in [0.29, 0.717) is 0 Å². The van der Waals surface area contributed by atoms with Crippen molar-refractivity contribution in [2.45, 2.75) is 12.5 Å². The summed E-state index contributed by atoms with van der Waals surface area (Å²) in [5.74, 6) is -0.537. The van der Waals surface area contributed by atoms with Gasteiger partial charge in [-0.2, -0.15) is 4.37 Å². The Morgan fingerprint density at radius 2 is 1.77 bits per heavy atom. The van der Waals surface area contributed by atoms with Crippen LogP contribution in [0.4, 0.5) is 0 Å². The topological polar surface area (TPSA) is 71.1 Å². The van der Waals surface area contributed by atoms with Crippen LogP contribution < -0.4 is 10.6 Å². The van der Waals surface area contributed by atoms with Crippen molar-refractivity contribution < 1.29 is 9.59 Å². The van der Waals surface area contributed by atoms with Gasteiger partial charge in [-0.15, -0.1) is 11.6 Å². The number of alkyl halides is 1. The van der Waals surface area contributed by atoms with Crippen molar-refractivity contribution in [1.29, 1.82) is 0 Å². The van der Waals surface area contributed by atoms with Crippen LogP contribution in [0, 0.1) is 0 Å². The van der Waals surface area contributed by atoms with Crippen molar-refractivity contribution in [3.63, 3.8) is 0 Å². The number of amides is 2.